The number of carbonyl (C=O) groups is 1. The van der Waals surface area contributed by atoms with Crippen molar-refractivity contribution in [2.75, 3.05) is 52.5 Å². The van der Waals surface area contributed by atoms with Crippen LogP contribution in [0, 0.1) is 5.92 Å². The van der Waals surface area contributed by atoms with Crippen molar-refractivity contribution in [1.82, 2.24) is 9.80 Å². The van der Waals surface area contributed by atoms with Crippen molar-refractivity contribution in [3.63, 3.8) is 0 Å². The van der Waals surface area contributed by atoms with Crippen LogP contribution in [0.5, 0.6) is 0 Å². The first kappa shape index (κ1) is 18.2. The molecule has 0 aromatic heterocycles. The Morgan fingerprint density at radius 3 is 2.48 bits per heavy atom. The number of morpholine rings is 1. The molecule has 2 saturated heterocycles. The zero-order valence-electron chi connectivity index (χ0n) is 14.6. The summed E-state index contributed by atoms with van der Waals surface area (Å²) in [5, 5.41) is 0. The molecule has 23 heavy (non-hydrogen) atoms. The molecule has 0 N–H and O–H groups in total. The molecule has 6 heteroatoms. The lowest BCUT2D eigenvalue weighted by Gasteiger charge is -2.31. The molecular weight excluding hydrogens is 294 g/mol. The minimum Gasteiger partial charge on any atom is -0.448 e. The molecule has 132 valence electrons. The molecule has 0 radical (unpaired) electrons. The van der Waals surface area contributed by atoms with Gasteiger partial charge in [-0.15, -0.1) is 0 Å². The number of rotatable bonds is 5. The molecular formula is C17H31N3O3. The predicted molar refractivity (Wildman–Crippen MR) is 90.9 cm³/mol. The first-order valence-electron chi connectivity index (χ1n) is 8.97. The van der Waals surface area contributed by atoms with E-state index in [0.717, 1.165) is 31.9 Å². The maximum absolute atomic E-state index is 12.0. The molecule has 2 aliphatic rings. The van der Waals surface area contributed by atoms with Gasteiger partial charge in [-0.05, 0) is 32.4 Å². The summed E-state index contributed by atoms with van der Waals surface area (Å²) in [6.07, 6.45) is 4.36. The summed E-state index contributed by atoms with van der Waals surface area (Å²) in [4.78, 5) is 20.7. The summed E-state index contributed by atoms with van der Waals surface area (Å²) in [6.45, 7) is 10.9. The van der Waals surface area contributed by atoms with Crippen LogP contribution in [0.25, 0.3) is 0 Å². The topological polar surface area (TPSA) is 54.4 Å². The Morgan fingerprint density at radius 2 is 1.83 bits per heavy atom. The number of amidine groups is 1. The molecule has 2 rings (SSSR count). The lowest BCUT2D eigenvalue weighted by Crippen LogP contribution is -2.43. The molecule has 0 unspecified atom stereocenters. The van der Waals surface area contributed by atoms with Gasteiger partial charge < -0.3 is 19.3 Å². The van der Waals surface area contributed by atoms with Gasteiger partial charge in [-0.3, -0.25) is 0 Å². The summed E-state index contributed by atoms with van der Waals surface area (Å²) in [6, 6.07) is 0. The molecule has 6 nitrogen and oxygen atoms in total. The summed E-state index contributed by atoms with van der Waals surface area (Å²) < 4.78 is 10.6. The zero-order chi connectivity index (χ0) is 16.5. The number of nitrogens with zero attached hydrogens (tertiary/aromatic N) is 3. The number of likely N-dealkylation sites (tertiary alicyclic amines) is 1. The number of aliphatic imine (C=N–C) groups is 1. The van der Waals surface area contributed by atoms with Gasteiger partial charge in [-0.1, -0.05) is 20.3 Å². The minimum absolute atomic E-state index is 0.203. The molecule has 1 amide bonds. The Bertz CT molecular complexity index is 387. The van der Waals surface area contributed by atoms with E-state index in [1.54, 1.807) is 0 Å². The van der Waals surface area contributed by atoms with Crippen LogP contribution in [0.4, 0.5) is 4.79 Å². The summed E-state index contributed by atoms with van der Waals surface area (Å²) >= 11 is 0. The van der Waals surface area contributed by atoms with Crippen molar-refractivity contribution in [3.8, 4) is 0 Å². The Morgan fingerprint density at radius 1 is 1.13 bits per heavy atom. The van der Waals surface area contributed by atoms with E-state index in [-0.39, 0.29) is 5.92 Å². The standard InChI is InChI=1S/C17H31N3O3/c1-15(2)16(20-10-13-22-14-11-20)18-17(21)23-12-6-9-19-7-4-3-5-8-19/h15H,3-14H2,1-2H3/b18-16-. The van der Waals surface area contributed by atoms with Crippen molar-refractivity contribution < 1.29 is 14.3 Å². The molecule has 0 aliphatic carbocycles. The van der Waals surface area contributed by atoms with Crippen molar-refractivity contribution in [2.24, 2.45) is 10.9 Å². The number of ether oxygens (including phenoxy) is 2. The predicted octanol–water partition coefficient (Wildman–Crippen LogP) is 2.39. The highest BCUT2D eigenvalue weighted by atomic mass is 16.5. The maximum atomic E-state index is 12.0. The van der Waals surface area contributed by atoms with Gasteiger partial charge in [0.1, 0.15) is 5.84 Å². The van der Waals surface area contributed by atoms with E-state index in [4.69, 9.17) is 9.47 Å². The van der Waals surface area contributed by atoms with Crippen molar-refractivity contribution in [2.45, 2.75) is 39.5 Å². The van der Waals surface area contributed by atoms with E-state index in [1.165, 1.54) is 32.4 Å². The summed E-state index contributed by atoms with van der Waals surface area (Å²) in [7, 11) is 0. The molecule has 0 atom stereocenters. The van der Waals surface area contributed by atoms with Crippen LogP contribution in [0.3, 0.4) is 0 Å². The third-order valence-electron chi connectivity index (χ3n) is 4.35. The summed E-state index contributed by atoms with van der Waals surface area (Å²) in [5.41, 5.74) is 0. The van der Waals surface area contributed by atoms with E-state index in [1.807, 2.05) is 0 Å². The second-order valence-corrected chi connectivity index (χ2v) is 6.59. The lowest BCUT2D eigenvalue weighted by molar-refractivity contribution is 0.0659. The van der Waals surface area contributed by atoms with Crippen molar-refractivity contribution in [1.29, 1.82) is 0 Å². The molecule has 2 aliphatic heterocycles. The second-order valence-electron chi connectivity index (χ2n) is 6.59. The average Bonchev–Trinajstić information content (AvgIpc) is 2.58. The van der Waals surface area contributed by atoms with Gasteiger partial charge in [0.15, 0.2) is 0 Å². The van der Waals surface area contributed by atoms with Crippen LogP contribution >= 0.6 is 0 Å². The Labute approximate surface area is 139 Å². The molecule has 0 aromatic carbocycles. The van der Waals surface area contributed by atoms with Crippen LogP contribution in [-0.4, -0.2) is 74.3 Å². The molecule has 0 aromatic rings. The van der Waals surface area contributed by atoms with Gasteiger partial charge in [0.2, 0.25) is 0 Å². The van der Waals surface area contributed by atoms with Crippen LogP contribution in [0.2, 0.25) is 0 Å². The fourth-order valence-corrected chi connectivity index (χ4v) is 3.11. The molecule has 0 bridgehead atoms. The largest absolute Gasteiger partial charge is 0.448 e. The Hall–Kier alpha value is -1.14. The van der Waals surface area contributed by atoms with Crippen LogP contribution in [0.15, 0.2) is 4.99 Å². The monoisotopic (exact) mass is 325 g/mol. The zero-order valence-corrected chi connectivity index (χ0v) is 14.6. The van der Waals surface area contributed by atoms with Gasteiger partial charge in [-0.2, -0.15) is 4.99 Å². The van der Waals surface area contributed by atoms with Gasteiger partial charge in [-0.25, -0.2) is 4.79 Å². The lowest BCUT2D eigenvalue weighted by atomic mass is 10.1. The third-order valence-corrected chi connectivity index (χ3v) is 4.35. The summed E-state index contributed by atoms with van der Waals surface area (Å²) in [5.74, 6) is 1.02. The Balaban J connectivity index is 1.71. The van der Waals surface area contributed by atoms with Gasteiger partial charge in [0, 0.05) is 25.6 Å². The first-order chi connectivity index (χ1) is 11.2. The SMILES string of the molecule is CC(C)/C(=N/C(=O)OCCCN1CCCCC1)N1CCOCC1. The normalized spacial score (nSPS) is 20.8. The first-order valence-corrected chi connectivity index (χ1v) is 8.97. The number of amides is 1. The quantitative estimate of drug-likeness (QED) is 0.441. The Kier molecular flexibility index (Phi) is 7.82. The molecule has 2 heterocycles. The third kappa shape index (κ3) is 6.47. The van der Waals surface area contributed by atoms with Crippen molar-refractivity contribution in [3.05, 3.63) is 0 Å². The average molecular weight is 325 g/mol. The number of hydrogen-bond donors (Lipinski definition) is 0. The number of carbonyl (C=O) groups excluding carboxylic acids is 1. The van der Waals surface area contributed by atoms with E-state index in [9.17, 15) is 4.79 Å². The minimum atomic E-state index is -0.459. The highest BCUT2D eigenvalue weighted by Crippen LogP contribution is 2.10. The smallest absolute Gasteiger partial charge is 0.435 e. The second kappa shape index (κ2) is 9.88. The number of piperidine rings is 1. The fraction of sp³-hybridized carbons (Fsp3) is 0.882. The molecule has 0 saturated carbocycles. The van der Waals surface area contributed by atoms with Crippen LogP contribution < -0.4 is 0 Å². The highest BCUT2D eigenvalue weighted by Gasteiger charge is 2.19. The van der Waals surface area contributed by atoms with Gasteiger partial charge >= 0.3 is 6.09 Å². The van der Waals surface area contributed by atoms with E-state index < -0.39 is 6.09 Å². The van der Waals surface area contributed by atoms with Crippen molar-refractivity contribution >= 4 is 11.9 Å². The van der Waals surface area contributed by atoms with E-state index in [0.29, 0.717) is 19.8 Å². The van der Waals surface area contributed by atoms with Gasteiger partial charge in [0.05, 0.1) is 19.8 Å². The maximum Gasteiger partial charge on any atom is 0.435 e. The molecule has 2 fully saturated rings. The number of hydrogen-bond acceptors (Lipinski definition) is 4. The molecule has 0 spiro atoms. The highest BCUT2D eigenvalue weighted by molar-refractivity contribution is 5.93. The van der Waals surface area contributed by atoms with Crippen LogP contribution in [0.1, 0.15) is 39.5 Å². The van der Waals surface area contributed by atoms with Gasteiger partial charge in [0.25, 0.3) is 0 Å². The van der Waals surface area contributed by atoms with Crippen LogP contribution in [-0.2, 0) is 9.47 Å². The van der Waals surface area contributed by atoms with E-state index in [2.05, 4.69) is 28.6 Å². The van der Waals surface area contributed by atoms with E-state index >= 15 is 0 Å². The fourth-order valence-electron chi connectivity index (χ4n) is 3.11.